The molecule has 0 aliphatic carbocycles. The Balaban J connectivity index is 2.10. The van der Waals surface area contributed by atoms with Gasteiger partial charge in [-0.3, -0.25) is 4.79 Å². The SMILES string of the molecule is C\C=C/C(=C\C=C\n1cc(-c2ccc(C=O)cc2)cn1)OC(C)C. The summed E-state index contributed by atoms with van der Waals surface area (Å²) in [5.74, 6) is 0.806. The van der Waals surface area contributed by atoms with Gasteiger partial charge in [0.1, 0.15) is 12.0 Å². The zero-order valence-electron chi connectivity index (χ0n) is 14.2. The first kappa shape index (κ1) is 17.5. The molecule has 0 radical (unpaired) electrons. The Kier molecular flexibility index (Phi) is 6.32. The molecule has 1 aromatic carbocycles. The maximum absolute atomic E-state index is 10.7. The van der Waals surface area contributed by atoms with E-state index in [0.717, 1.165) is 23.2 Å². The van der Waals surface area contributed by atoms with Crippen LogP contribution >= 0.6 is 0 Å². The Labute approximate surface area is 142 Å². The molecule has 124 valence electrons. The van der Waals surface area contributed by atoms with Crippen LogP contribution in [0.15, 0.2) is 66.7 Å². The molecule has 0 atom stereocenters. The highest BCUT2D eigenvalue weighted by atomic mass is 16.5. The van der Waals surface area contributed by atoms with Crippen molar-refractivity contribution in [3.8, 4) is 11.1 Å². The molecule has 0 spiro atoms. The van der Waals surface area contributed by atoms with E-state index in [2.05, 4.69) is 5.10 Å². The summed E-state index contributed by atoms with van der Waals surface area (Å²) in [6.07, 6.45) is 14.2. The lowest BCUT2D eigenvalue weighted by Gasteiger charge is -2.09. The quantitative estimate of drug-likeness (QED) is 0.421. The molecule has 0 saturated carbocycles. The first-order valence-corrected chi connectivity index (χ1v) is 7.90. The van der Waals surface area contributed by atoms with Crippen LogP contribution in [0.4, 0.5) is 0 Å². The molecule has 0 aliphatic heterocycles. The number of aromatic nitrogens is 2. The van der Waals surface area contributed by atoms with Crippen LogP contribution in [0.25, 0.3) is 17.3 Å². The largest absolute Gasteiger partial charge is 0.491 e. The maximum atomic E-state index is 10.7. The van der Waals surface area contributed by atoms with Gasteiger partial charge in [0.15, 0.2) is 0 Å². The van der Waals surface area contributed by atoms with Crippen LogP contribution in [0.2, 0.25) is 0 Å². The Morgan fingerprint density at radius 2 is 1.96 bits per heavy atom. The van der Waals surface area contributed by atoms with Crippen molar-refractivity contribution >= 4 is 12.5 Å². The fraction of sp³-hybridized carbons (Fsp3) is 0.200. The second kappa shape index (κ2) is 8.67. The van der Waals surface area contributed by atoms with Crippen molar-refractivity contribution in [1.82, 2.24) is 9.78 Å². The summed E-state index contributed by atoms with van der Waals surface area (Å²) in [6, 6.07) is 7.42. The van der Waals surface area contributed by atoms with Gasteiger partial charge in [0.2, 0.25) is 0 Å². The van der Waals surface area contributed by atoms with Gasteiger partial charge in [-0.05, 0) is 44.6 Å². The molecule has 0 fully saturated rings. The molecule has 4 nitrogen and oxygen atoms in total. The van der Waals surface area contributed by atoms with Crippen LogP contribution in [0, 0.1) is 0 Å². The third kappa shape index (κ3) is 5.09. The summed E-state index contributed by atoms with van der Waals surface area (Å²) in [4.78, 5) is 10.7. The normalized spacial score (nSPS) is 12.4. The Hall–Kier alpha value is -2.88. The van der Waals surface area contributed by atoms with E-state index in [1.807, 2.05) is 69.6 Å². The second-order valence-corrected chi connectivity index (χ2v) is 5.53. The highest BCUT2D eigenvalue weighted by molar-refractivity contribution is 5.76. The van der Waals surface area contributed by atoms with Gasteiger partial charge >= 0.3 is 0 Å². The Morgan fingerprint density at radius 3 is 2.58 bits per heavy atom. The number of allylic oxidation sites excluding steroid dienone is 4. The molecule has 2 rings (SSSR count). The van der Waals surface area contributed by atoms with Crippen molar-refractivity contribution in [1.29, 1.82) is 0 Å². The molecule has 24 heavy (non-hydrogen) atoms. The molecule has 0 aliphatic rings. The van der Waals surface area contributed by atoms with Gasteiger partial charge in [0.05, 0.1) is 12.3 Å². The van der Waals surface area contributed by atoms with Gasteiger partial charge in [0.25, 0.3) is 0 Å². The van der Waals surface area contributed by atoms with E-state index in [0.29, 0.717) is 5.56 Å². The minimum atomic E-state index is 0.131. The molecule has 0 amide bonds. The summed E-state index contributed by atoms with van der Waals surface area (Å²) in [7, 11) is 0. The van der Waals surface area contributed by atoms with Crippen LogP contribution in [-0.4, -0.2) is 22.2 Å². The Morgan fingerprint density at radius 1 is 1.21 bits per heavy atom. The van der Waals surface area contributed by atoms with Crippen molar-refractivity contribution in [3.05, 3.63) is 72.3 Å². The zero-order valence-corrected chi connectivity index (χ0v) is 14.2. The molecular weight excluding hydrogens is 300 g/mol. The third-order valence-electron chi connectivity index (χ3n) is 3.18. The summed E-state index contributed by atoms with van der Waals surface area (Å²) in [5, 5.41) is 4.31. The monoisotopic (exact) mass is 322 g/mol. The first-order valence-electron chi connectivity index (χ1n) is 7.90. The number of aldehydes is 1. The minimum absolute atomic E-state index is 0.131. The van der Waals surface area contributed by atoms with Gasteiger partial charge in [-0.15, -0.1) is 0 Å². The van der Waals surface area contributed by atoms with Gasteiger partial charge < -0.3 is 4.74 Å². The summed E-state index contributed by atoms with van der Waals surface area (Å²) < 4.78 is 7.43. The van der Waals surface area contributed by atoms with E-state index < -0.39 is 0 Å². The average Bonchev–Trinajstić information content (AvgIpc) is 3.03. The number of benzene rings is 1. The van der Waals surface area contributed by atoms with Crippen molar-refractivity contribution < 1.29 is 9.53 Å². The second-order valence-electron chi connectivity index (χ2n) is 5.53. The number of carbonyl (C=O) groups is 1. The van der Waals surface area contributed by atoms with E-state index in [4.69, 9.17) is 4.74 Å². The number of hydrogen-bond acceptors (Lipinski definition) is 3. The van der Waals surface area contributed by atoms with Crippen LogP contribution < -0.4 is 0 Å². The molecule has 2 aromatic rings. The van der Waals surface area contributed by atoms with E-state index in [1.165, 1.54) is 0 Å². The van der Waals surface area contributed by atoms with Gasteiger partial charge in [-0.25, -0.2) is 4.68 Å². The third-order valence-corrected chi connectivity index (χ3v) is 3.18. The lowest BCUT2D eigenvalue weighted by molar-refractivity contribution is 0.112. The smallest absolute Gasteiger partial charge is 0.150 e. The van der Waals surface area contributed by atoms with Crippen LogP contribution in [0.5, 0.6) is 0 Å². The fourth-order valence-corrected chi connectivity index (χ4v) is 2.12. The van der Waals surface area contributed by atoms with Crippen LogP contribution in [0.3, 0.4) is 0 Å². The molecule has 0 N–H and O–H groups in total. The van der Waals surface area contributed by atoms with Gasteiger partial charge in [0, 0.05) is 23.5 Å². The van der Waals surface area contributed by atoms with Crippen molar-refractivity contribution in [2.75, 3.05) is 0 Å². The molecular formula is C20H22N2O2. The predicted molar refractivity (Wildman–Crippen MR) is 97.5 cm³/mol. The Bertz CT molecular complexity index is 750. The lowest BCUT2D eigenvalue weighted by atomic mass is 10.1. The summed E-state index contributed by atoms with van der Waals surface area (Å²) >= 11 is 0. The highest BCUT2D eigenvalue weighted by Crippen LogP contribution is 2.18. The van der Waals surface area contributed by atoms with E-state index in [1.54, 1.807) is 23.0 Å². The molecule has 0 saturated heterocycles. The molecule has 4 heteroatoms. The number of nitrogens with zero attached hydrogens (tertiary/aromatic N) is 2. The van der Waals surface area contributed by atoms with Crippen molar-refractivity contribution in [2.45, 2.75) is 26.9 Å². The van der Waals surface area contributed by atoms with Crippen LogP contribution in [0.1, 0.15) is 31.1 Å². The standard InChI is InChI=1S/C20H22N2O2/c1-4-6-20(24-16(2)3)7-5-12-22-14-19(13-21-22)18-10-8-17(15-23)9-11-18/h4-16H,1-3H3/b6-4-,12-5+,20-7+. The first-order chi connectivity index (χ1) is 11.6. The molecule has 0 bridgehead atoms. The summed E-state index contributed by atoms with van der Waals surface area (Å²) in [5.41, 5.74) is 2.68. The van der Waals surface area contributed by atoms with Crippen molar-refractivity contribution in [2.24, 2.45) is 0 Å². The average molecular weight is 322 g/mol. The van der Waals surface area contributed by atoms with E-state index in [9.17, 15) is 4.79 Å². The van der Waals surface area contributed by atoms with Gasteiger partial charge in [-0.2, -0.15) is 5.10 Å². The molecule has 1 aromatic heterocycles. The number of ether oxygens (including phenoxy) is 1. The van der Waals surface area contributed by atoms with Gasteiger partial charge in [-0.1, -0.05) is 30.3 Å². The fourth-order valence-electron chi connectivity index (χ4n) is 2.12. The van der Waals surface area contributed by atoms with E-state index in [-0.39, 0.29) is 6.10 Å². The predicted octanol–water partition coefficient (Wildman–Crippen LogP) is 4.72. The van der Waals surface area contributed by atoms with Crippen molar-refractivity contribution in [3.63, 3.8) is 0 Å². The number of rotatable bonds is 7. The number of hydrogen-bond donors (Lipinski definition) is 0. The lowest BCUT2D eigenvalue weighted by Crippen LogP contribution is -2.00. The highest BCUT2D eigenvalue weighted by Gasteiger charge is 2.01. The molecule has 1 heterocycles. The zero-order chi connectivity index (χ0) is 17.4. The molecule has 0 unspecified atom stereocenters. The number of carbonyl (C=O) groups excluding carboxylic acids is 1. The maximum Gasteiger partial charge on any atom is 0.150 e. The van der Waals surface area contributed by atoms with Crippen LogP contribution in [-0.2, 0) is 4.74 Å². The summed E-state index contributed by atoms with van der Waals surface area (Å²) in [6.45, 7) is 5.95. The minimum Gasteiger partial charge on any atom is -0.491 e. The topological polar surface area (TPSA) is 44.1 Å². The van der Waals surface area contributed by atoms with E-state index >= 15 is 0 Å².